The van der Waals surface area contributed by atoms with Gasteiger partial charge in [-0.2, -0.15) is 0 Å². The molecule has 40 heavy (non-hydrogen) atoms. The van der Waals surface area contributed by atoms with Crippen LogP contribution in [0.5, 0.6) is 11.5 Å². The molecule has 10 nitrogen and oxygen atoms in total. The molecule has 10 heteroatoms. The highest BCUT2D eigenvalue weighted by Crippen LogP contribution is 2.36. The second kappa shape index (κ2) is 11.2. The van der Waals surface area contributed by atoms with E-state index in [9.17, 15) is 19.8 Å². The van der Waals surface area contributed by atoms with Gasteiger partial charge in [0.25, 0.3) is 11.1 Å². The zero-order valence-corrected chi connectivity index (χ0v) is 23.6. The number of aromatic hydroxyl groups is 2. The maximum absolute atomic E-state index is 12.1. The molecule has 0 saturated carbocycles. The Morgan fingerprint density at radius 1 is 0.675 bits per heavy atom. The van der Waals surface area contributed by atoms with Crippen LogP contribution in [0.1, 0.15) is 35.1 Å². The molecule has 0 unspecified atom stereocenters. The first kappa shape index (κ1) is 27.5. The van der Waals surface area contributed by atoms with Crippen molar-refractivity contribution >= 4 is 33.2 Å². The summed E-state index contributed by atoms with van der Waals surface area (Å²) >= 11 is 0. The van der Waals surface area contributed by atoms with Gasteiger partial charge in [0.2, 0.25) is 0 Å². The van der Waals surface area contributed by atoms with Crippen molar-refractivity contribution in [2.45, 2.75) is 38.8 Å². The van der Waals surface area contributed by atoms with Crippen LogP contribution < -0.4 is 21.8 Å². The fraction of sp³-hybridized carbons (Fsp3) is 0.400. The predicted molar refractivity (Wildman–Crippen MR) is 161 cm³/mol. The molecule has 212 valence electrons. The molecule has 0 amide bonds. The van der Waals surface area contributed by atoms with Gasteiger partial charge in [0.05, 0.1) is 33.2 Å². The van der Waals surface area contributed by atoms with Gasteiger partial charge in [-0.1, -0.05) is 0 Å². The minimum Gasteiger partial charge on any atom is -0.507 e. The lowest BCUT2D eigenvalue weighted by molar-refractivity contribution is 0.401. The highest BCUT2D eigenvalue weighted by Gasteiger charge is 2.20. The van der Waals surface area contributed by atoms with E-state index in [1.807, 2.05) is 50.1 Å². The smallest absolute Gasteiger partial charge is 0.253 e. The molecule has 0 radical (unpaired) electrons. The van der Waals surface area contributed by atoms with Gasteiger partial charge in [-0.15, -0.1) is 0 Å². The minimum atomic E-state index is -0.0545. The number of hydrogen-bond donors (Lipinski definition) is 6. The van der Waals surface area contributed by atoms with Crippen LogP contribution in [0.4, 0.5) is 11.4 Å². The standard InChI is InChI=1S/2C15H19N3O2/c2*1-18(2)8-9-6-11-13(12(19)7-9)14-10(15(20)17-11)4-3-5-16-14/h2*6-7,16,19H,3-5,8H2,1-2H3,(H,17,20). The molecule has 2 aliphatic heterocycles. The predicted octanol–water partition coefficient (Wildman–Crippen LogP) is 3.31. The average molecular weight is 547 g/mol. The minimum absolute atomic E-state index is 0.0545. The van der Waals surface area contributed by atoms with E-state index < -0.39 is 0 Å². The number of rotatable bonds is 4. The lowest BCUT2D eigenvalue weighted by atomic mass is 10.00. The number of nitrogens with zero attached hydrogens (tertiary/aromatic N) is 2. The Balaban J connectivity index is 0.000000161. The number of nitrogens with one attached hydrogen (secondary N) is 4. The summed E-state index contributed by atoms with van der Waals surface area (Å²) in [6.45, 7) is 3.11. The SMILES string of the molecule is CN(C)Cc1cc(O)c2c3c(c(=O)[nH]c2c1)CCCN3.CN(C)Cc1cc(O)c2c3c(c(=O)[nH]c2c1)CCCN3. The number of fused-ring (bicyclic) bond motifs is 6. The van der Waals surface area contributed by atoms with E-state index in [-0.39, 0.29) is 22.6 Å². The molecular weight excluding hydrogens is 508 g/mol. The van der Waals surface area contributed by atoms with E-state index in [1.54, 1.807) is 12.1 Å². The fourth-order valence-corrected chi connectivity index (χ4v) is 5.75. The van der Waals surface area contributed by atoms with Crippen molar-refractivity contribution in [2.75, 3.05) is 51.9 Å². The Bertz CT molecular complexity index is 1560. The topological polar surface area (TPSA) is 137 Å². The molecule has 0 bridgehead atoms. The summed E-state index contributed by atoms with van der Waals surface area (Å²) in [7, 11) is 7.88. The van der Waals surface area contributed by atoms with Crippen LogP contribution in [0, 0.1) is 0 Å². The third kappa shape index (κ3) is 5.50. The summed E-state index contributed by atoms with van der Waals surface area (Å²) in [5.74, 6) is 0.447. The highest BCUT2D eigenvalue weighted by molar-refractivity contribution is 5.99. The van der Waals surface area contributed by atoms with Crippen molar-refractivity contribution in [3.05, 3.63) is 67.2 Å². The second-order valence-corrected chi connectivity index (χ2v) is 11.2. The summed E-state index contributed by atoms with van der Waals surface area (Å²) in [6, 6.07) is 7.43. The van der Waals surface area contributed by atoms with Crippen molar-refractivity contribution in [3.8, 4) is 11.5 Å². The number of anilines is 2. The molecule has 4 heterocycles. The van der Waals surface area contributed by atoms with E-state index in [0.717, 1.165) is 96.3 Å². The summed E-state index contributed by atoms with van der Waals surface area (Å²) in [6.07, 6.45) is 3.40. The molecule has 0 atom stereocenters. The molecule has 0 fully saturated rings. The van der Waals surface area contributed by atoms with Crippen LogP contribution in [0.25, 0.3) is 21.8 Å². The van der Waals surface area contributed by atoms with Gasteiger partial charge in [0.15, 0.2) is 0 Å². The van der Waals surface area contributed by atoms with E-state index in [2.05, 4.69) is 20.6 Å². The second-order valence-electron chi connectivity index (χ2n) is 11.2. The quantitative estimate of drug-likeness (QED) is 0.229. The van der Waals surface area contributed by atoms with E-state index in [1.165, 1.54) is 0 Å². The number of pyridine rings is 2. The van der Waals surface area contributed by atoms with Crippen LogP contribution in [-0.2, 0) is 25.9 Å². The lowest BCUT2D eigenvalue weighted by Gasteiger charge is -2.20. The summed E-state index contributed by atoms with van der Waals surface area (Å²) in [5, 5.41) is 28.6. The van der Waals surface area contributed by atoms with Crippen molar-refractivity contribution in [2.24, 2.45) is 0 Å². The van der Waals surface area contributed by atoms with Crippen molar-refractivity contribution in [1.82, 2.24) is 19.8 Å². The first-order valence-electron chi connectivity index (χ1n) is 13.7. The number of aromatic nitrogens is 2. The highest BCUT2D eigenvalue weighted by atomic mass is 16.3. The Kier molecular flexibility index (Phi) is 7.73. The number of H-pyrrole nitrogens is 2. The molecule has 0 saturated heterocycles. The Hall–Kier alpha value is -4.02. The van der Waals surface area contributed by atoms with Gasteiger partial charge in [-0.05, 0) is 89.3 Å². The van der Waals surface area contributed by atoms with E-state index >= 15 is 0 Å². The molecule has 6 rings (SSSR count). The summed E-state index contributed by atoms with van der Waals surface area (Å²) in [5.41, 5.74) is 6.33. The number of benzene rings is 2. The molecule has 4 aromatic rings. The molecule has 2 aliphatic rings. The molecule has 2 aromatic heterocycles. The molecule has 2 aromatic carbocycles. The van der Waals surface area contributed by atoms with Gasteiger partial charge < -0.3 is 40.6 Å². The average Bonchev–Trinajstić information content (AvgIpc) is 2.88. The van der Waals surface area contributed by atoms with Crippen LogP contribution in [0.15, 0.2) is 33.9 Å². The summed E-state index contributed by atoms with van der Waals surface area (Å²) in [4.78, 5) is 34.1. The van der Waals surface area contributed by atoms with E-state index in [0.29, 0.717) is 11.0 Å². The Morgan fingerprint density at radius 3 is 1.45 bits per heavy atom. The van der Waals surface area contributed by atoms with Gasteiger partial charge >= 0.3 is 0 Å². The zero-order chi connectivity index (χ0) is 28.6. The zero-order valence-electron chi connectivity index (χ0n) is 23.6. The van der Waals surface area contributed by atoms with Gasteiger partial charge in [-0.3, -0.25) is 9.59 Å². The third-order valence-electron chi connectivity index (χ3n) is 7.31. The van der Waals surface area contributed by atoms with E-state index in [4.69, 9.17) is 0 Å². The number of phenolic OH excluding ortho intramolecular Hbond substituents is 2. The normalized spacial score (nSPS) is 14.3. The first-order chi connectivity index (χ1) is 19.1. The number of phenols is 2. The molecular formula is C30H38N6O4. The molecule has 0 aliphatic carbocycles. The maximum Gasteiger partial charge on any atom is 0.253 e. The molecule has 0 spiro atoms. The van der Waals surface area contributed by atoms with Crippen LogP contribution >= 0.6 is 0 Å². The van der Waals surface area contributed by atoms with Gasteiger partial charge in [-0.25, -0.2) is 0 Å². The largest absolute Gasteiger partial charge is 0.507 e. The van der Waals surface area contributed by atoms with Crippen LogP contribution in [-0.4, -0.2) is 71.3 Å². The Morgan fingerprint density at radius 2 is 1.07 bits per heavy atom. The van der Waals surface area contributed by atoms with Crippen molar-refractivity contribution < 1.29 is 10.2 Å². The van der Waals surface area contributed by atoms with Crippen molar-refractivity contribution in [3.63, 3.8) is 0 Å². The fourth-order valence-electron chi connectivity index (χ4n) is 5.75. The number of hydrogen-bond acceptors (Lipinski definition) is 8. The first-order valence-corrected chi connectivity index (χ1v) is 13.7. The van der Waals surface area contributed by atoms with Gasteiger partial charge in [0, 0.05) is 37.3 Å². The molecule has 6 N–H and O–H groups in total. The monoisotopic (exact) mass is 546 g/mol. The third-order valence-corrected chi connectivity index (χ3v) is 7.31. The van der Waals surface area contributed by atoms with Crippen LogP contribution in [0.2, 0.25) is 0 Å². The number of aromatic amines is 2. The van der Waals surface area contributed by atoms with Crippen molar-refractivity contribution in [1.29, 1.82) is 0 Å². The lowest BCUT2D eigenvalue weighted by Crippen LogP contribution is -2.22. The maximum atomic E-state index is 12.1. The Labute approximate surface area is 232 Å². The van der Waals surface area contributed by atoms with Gasteiger partial charge in [0.1, 0.15) is 11.5 Å². The van der Waals surface area contributed by atoms with Crippen LogP contribution in [0.3, 0.4) is 0 Å². The summed E-state index contributed by atoms with van der Waals surface area (Å²) < 4.78 is 0.